The van der Waals surface area contributed by atoms with Crippen molar-refractivity contribution in [3.8, 4) is 5.75 Å². The molecular weight excluding hydrogens is 415 g/mol. The number of nitrogens with zero attached hydrogens (tertiary/aromatic N) is 1. The van der Waals surface area contributed by atoms with Gasteiger partial charge in [0, 0.05) is 11.3 Å². The van der Waals surface area contributed by atoms with Gasteiger partial charge in [-0.2, -0.15) is 0 Å². The molecule has 0 aliphatic carbocycles. The molecule has 158 valence electrons. The molecule has 2 heterocycles. The van der Waals surface area contributed by atoms with E-state index in [4.69, 9.17) is 9.15 Å². The summed E-state index contributed by atoms with van der Waals surface area (Å²) >= 11 is 1.39. The highest BCUT2D eigenvalue weighted by Gasteiger charge is 2.15. The number of rotatable bonds is 7. The minimum atomic E-state index is -0.372. The number of thiazole rings is 1. The van der Waals surface area contributed by atoms with Gasteiger partial charge in [0.1, 0.15) is 23.9 Å². The predicted molar refractivity (Wildman–Crippen MR) is 118 cm³/mol. The third kappa shape index (κ3) is 5.38. The Morgan fingerprint density at radius 1 is 1.06 bits per heavy atom. The molecule has 0 unspecified atom stereocenters. The Morgan fingerprint density at radius 3 is 2.55 bits per heavy atom. The molecule has 0 saturated heterocycles. The van der Waals surface area contributed by atoms with Gasteiger partial charge in [-0.05, 0) is 55.8 Å². The van der Waals surface area contributed by atoms with Crippen LogP contribution in [0.5, 0.6) is 5.75 Å². The smallest absolute Gasteiger partial charge is 0.293 e. The van der Waals surface area contributed by atoms with Crippen molar-refractivity contribution in [2.75, 3.05) is 5.32 Å². The summed E-state index contributed by atoms with van der Waals surface area (Å²) in [4.78, 5) is 18.0. The fraction of sp³-hybridized carbons (Fsp3) is 0.167. The fourth-order valence-corrected chi connectivity index (χ4v) is 3.95. The van der Waals surface area contributed by atoms with E-state index < -0.39 is 0 Å². The van der Waals surface area contributed by atoms with E-state index in [1.54, 1.807) is 24.3 Å². The zero-order valence-electron chi connectivity index (χ0n) is 17.1. The van der Waals surface area contributed by atoms with Crippen molar-refractivity contribution in [3.63, 3.8) is 0 Å². The van der Waals surface area contributed by atoms with Gasteiger partial charge in [-0.25, -0.2) is 9.37 Å². The van der Waals surface area contributed by atoms with Crippen LogP contribution in [0.3, 0.4) is 0 Å². The van der Waals surface area contributed by atoms with Gasteiger partial charge in [0.25, 0.3) is 5.91 Å². The second-order valence-electron chi connectivity index (χ2n) is 7.15. The summed E-state index contributed by atoms with van der Waals surface area (Å²) in [5.74, 6) is 0.844. The maximum absolute atomic E-state index is 13.1. The Balaban J connectivity index is 1.36. The summed E-state index contributed by atoms with van der Waals surface area (Å²) in [7, 11) is 0. The van der Waals surface area contributed by atoms with Crippen molar-refractivity contribution in [1.82, 2.24) is 4.98 Å². The van der Waals surface area contributed by atoms with E-state index in [2.05, 4.69) is 10.3 Å². The molecule has 0 saturated carbocycles. The van der Waals surface area contributed by atoms with E-state index in [1.165, 1.54) is 23.5 Å². The Bertz CT molecular complexity index is 1180. The van der Waals surface area contributed by atoms with Crippen molar-refractivity contribution in [2.45, 2.75) is 26.9 Å². The Hall–Kier alpha value is -3.45. The van der Waals surface area contributed by atoms with Crippen LogP contribution in [0.25, 0.3) is 0 Å². The number of amides is 1. The molecule has 4 rings (SSSR count). The number of ether oxygens (including phenoxy) is 1. The quantitative estimate of drug-likeness (QED) is 0.391. The lowest BCUT2D eigenvalue weighted by Gasteiger charge is -2.04. The number of hydrogen-bond acceptors (Lipinski definition) is 5. The average molecular weight is 437 g/mol. The number of halogens is 1. The zero-order chi connectivity index (χ0) is 21.8. The molecule has 0 fully saturated rings. The van der Waals surface area contributed by atoms with Crippen molar-refractivity contribution in [2.24, 2.45) is 0 Å². The molecule has 2 aromatic heterocycles. The summed E-state index contributed by atoms with van der Waals surface area (Å²) < 4.78 is 24.4. The second kappa shape index (κ2) is 9.14. The average Bonchev–Trinajstić information content (AvgIpc) is 3.36. The molecule has 2 aromatic carbocycles. The SMILES string of the molecule is Cc1ccc(OCc2ccc(C(=O)Nc3nc(C)c(Cc4ccc(F)cc4)s3)o2)cc1. The lowest BCUT2D eigenvalue weighted by atomic mass is 10.1. The van der Waals surface area contributed by atoms with Crippen molar-refractivity contribution in [3.05, 3.63) is 99.7 Å². The van der Waals surface area contributed by atoms with Crippen LogP contribution in [0.1, 0.15) is 38.0 Å². The molecule has 4 aromatic rings. The van der Waals surface area contributed by atoms with E-state index in [9.17, 15) is 9.18 Å². The first-order valence-electron chi connectivity index (χ1n) is 9.76. The van der Waals surface area contributed by atoms with Gasteiger partial charge in [-0.3, -0.25) is 10.1 Å². The van der Waals surface area contributed by atoms with E-state index >= 15 is 0 Å². The fourth-order valence-electron chi connectivity index (χ4n) is 2.96. The second-order valence-corrected chi connectivity index (χ2v) is 8.24. The Kier molecular flexibility index (Phi) is 6.13. The van der Waals surface area contributed by atoms with E-state index in [0.717, 1.165) is 27.4 Å². The number of benzene rings is 2. The minimum Gasteiger partial charge on any atom is -0.486 e. The molecule has 0 bridgehead atoms. The summed E-state index contributed by atoms with van der Waals surface area (Å²) in [6.07, 6.45) is 0.626. The number of aryl methyl sites for hydroxylation is 2. The molecule has 0 aliphatic rings. The Labute approximate surface area is 183 Å². The van der Waals surface area contributed by atoms with Crippen LogP contribution in [0, 0.1) is 19.7 Å². The van der Waals surface area contributed by atoms with Crippen molar-refractivity contribution >= 4 is 22.4 Å². The highest BCUT2D eigenvalue weighted by Crippen LogP contribution is 2.26. The number of furan rings is 1. The first-order chi connectivity index (χ1) is 15.0. The van der Waals surface area contributed by atoms with E-state index in [0.29, 0.717) is 17.3 Å². The zero-order valence-corrected chi connectivity index (χ0v) is 18.0. The number of aromatic nitrogens is 1. The molecular formula is C24H21FN2O3S. The molecule has 31 heavy (non-hydrogen) atoms. The number of anilines is 1. The maximum Gasteiger partial charge on any atom is 0.293 e. The first-order valence-corrected chi connectivity index (χ1v) is 10.6. The normalized spacial score (nSPS) is 10.8. The monoisotopic (exact) mass is 436 g/mol. The molecule has 0 spiro atoms. The molecule has 1 N–H and O–H groups in total. The van der Waals surface area contributed by atoms with Gasteiger partial charge < -0.3 is 9.15 Å². The topological polar surface area (TPSA) is 64.4 Å². The van der Waals surface area contributed by atoms with Gasteiger partial charge in [0.15, 0.2) is 10.9 Å². The van der Waals surface area contributed by atoms with Crippen LogP contribution in [0.2, 0.25) is 0 Å². The van der Waals surface area contributed by atoms with E-state index in [1.807, 2.05) is 38.1 Å². The van der Waals surface area contributed by atoms with Gasteiger partial charge >= 0.3 is 0 Å². The lowest BCUT2D eigenvalue weighted by molar-refractivity contribution is 0.0992. The standard InChI is InChI=1S/C24H21FN2O3S/c1-15-3-9-19(10-4-15)29-14-20-11-12-21(30-20)23(28)27-24-26-16(2)22(31-24)13-17-5-7-18(25)8-6-17/h3-12H,13-14H2,1-2H3,(H,26,27,28). The molecule has 0 radical (unpaired) electrons. The summed E-state index contributed by atoms with van der Waals surface area (Å²) in [5, 5.41) is 3.28. The minimum absolute atomic E-state index is 0.190. The van der Waals surface area contributed by atoms with Crippen LogP contribution in [-0.4, -0.2) is 10.9 Å². The van der Waals surface area contributed by atoms with Crippen molar-refractivity contribution < 1.29 is 18.3 Å². The Morgan fingerprint density at radius 2 is 1.81 bits per heavy atom. The van der Waals surface area contributed by atoms with Crippen LogP contribution >= 0.6 is 11.3 Å². The largest absolute Gasteiger partial charge is 0.486 e. The molecule has 0 atom stereocenters. The number of hydrogen-bond donors (Lipinski definition) is 1. The highest BCUT2D eigenvalue weighted by atomic mass is 32.1. The van der Waals surface area contributed by atoms with Gasteiger partial charge in [-0.1, -0.05) is 29.8 Å². The number of carbonyl (C=O) groups is 1. The van der Waals surface area contributed by atoms with Crippen LogP contribution < -0.4 is 10.1 Å². The maximum atomic E-state index is 13.1. The number of nitrogens with one attached hydrogen (secondary N) is 1. The van der Waals surface area contributed by atoms with E-state index in [-0.39, 0.29) is 24.1 Å². The molecule has 7 heteroatoms. The van der Waals surface area contributed by atoms with Crippen LogP contribution in [0.15, 0.2) is 65.1 Å². The number of carbonyl (C=O) groups excluding carboxylic acids is 1. The molecule has 1 amide bonds. The van der Waals surface area contributed by atoms with Gasteiger partial charge in [0.05, 0.1) is 5.69 Å². The van der Waals surface area contributed by atoms with Crippen LogP contribution in [0.4, 0.5) is 9.52 Å². The summed E-state index contributed by atoms with van der Waals surface area (Å²) in [6, 6.07) is 17.4. The van der Waals surface area contributed by atoms with Crippen LogP contribution in [-0.2, 0) is 13.0 Å². The lowest BCUT2D eigenvalue weighted by Crippen LogP contribution is -2.10. The van der Waals surface area contributed by atoms with Gasteiger partial charge in [-0.15, -0.1) is 11.3 Å². The van der Waals surface area contributed by atoms with Gasteiger partial charge in [0.2, 0.25) is 0 Å². The summed E-state index contributed by atoms with van der Waals surface area (Å²) in [6.45, 7) is 4.13. The molecule has 0 aliphatic heterocycles. The third-order valence-electron chi connectivity index (χ3n) is 4.68. The van der Waals surface area contributed by atoms with Crippen molar-refractivity contribution in [1.29, 1.82) is 0 Å². The summed E-state index contributed by atoms with van der Waals surface area (Å²) in [5.41, 5.74) is 2.97. The highest BCUT2D eigenvalue weighted by molar-refractivity contribution is 7.15. The predicted octanol–water partition coefficient (Wildman–Crippen LogP) is 5.91. The first kappa shape index (κ1) is 20.8. The molecule has 5 nitrogen and oxygen atoms in total. The third-order valence-corrected chi connectivity index (χ3v) is 5.75.